The molecule has 130 valence electrons. The van der Waals surface area contributed by atoms with E-state index in [4.69, 9.17) is 15.2 Å². The van der Waals surface area contributed by atoms with Crippen LogP contribution in [0, 0.1) is 6.92 Å². The van der Waals surface area contributed by atoms with E-state index in [1.54, 1.807) is 6.92 Å². The molecular formula is C18H20F3NO2. The van der Waals surface area contributed by atoms with Crippen molar-refractivity contribution in [2.75, 3.05) is 13.2 Å². The zero-order chi connectivity index (χ0) is 17.8. The maximum absolute atomic E-state index is 12.9. The highest BCUT2D eigenvalue weighted by molar-refractivity contribution is 5.35. The van der Waals surface area contributed by atoms with Gasteiger partial charge in [-0.05, 0) is 37.6 Å². The van der Waals surface area contributed by atoms with Crippen molar-refractivity contribution in [3.8, 4) is 11.5 Å². The minimum atomic E-state index is -4.47. The number of benzene rings is 2. The predicted octanol–water partition coefficient (Wildman–Crippen LogP) is 4.19. The molecule has 2 aromatic rings. The van der Waals surface area contributed by atoms with E-state index >= 15 is 0 Å². The molecule has 2 N–H and O–H groups in total. The summed E-state index contributed by atoms with van der Waals surface area (Å²) < 4.78 is 49.8. The van der Waals surface area contributed by atoms with E-state index in [9.17, 15) is 13.2 Å². The summed E-state index contributed by atoms with van der Waals surface area (Å²) in [5, 5.41) is 0. The fourth-order valence-corrected chi connectivity index (χ4v) is 2.07. The second-order valence-electron chi connectivity index (χ2n) is 5.99. The van der Waals surface area contributed by atoms with Gasteiger partial charge in [-0.25, -0.2) is 0 Å². The van der Waals surface area contributed by atoms with E-state index in [1.807, 2.05) is 31.2 Å². The molecular weight excluding hydrogens is 319 g/mol. The number of ether oxygens (including phenoxy) is 2. The summed E-state index contributed by atoms with van der Waals surface area (Å²) in [6.45, 7) is 3.58. The molecule has 0 heterocycles. The molecule has 6 heteroatoms. The first-order chi connectivity index (χ1) is 11.2. The summed E-state index contributed by atoms with van der Waals surface area (Å²) in [5.41, 5.74) is 5.28. The second-order valence-corrected chi connectivity index (χ2v) is 5.99. The number of rotatable bonds is 6. The van der Waals surface area contributed by atoms with E-state index in [0.717, 1.165) is 11.6 Å². The SMILES string of the molecule is Cc1ccccc1OCC(C)(N)COc1ccccc1C(F)(F)F. The highest BCUT2D eigenvalue weighted by Gasteiger charge is 2.34. The monoisotopic (exact) mass is 339 g/mol. The van der Waals surface area contributed by atoms with Gasteiger partial charge in [0, 0.05) is 0 Å². The van der Waals surface area contributed by atoms with Crippen molar-refractivity contribution in [2.24, 2.45) is 5.73 Å². The largest absolute Gasteiger partial charge is 0.491 e. The van der Waals surface area contributed by atoms with Crippen LogP contribution in [0.3, 0.4) is 0 Å². The molecule has 0 fully saturated rings. The molecule has 1 atom stereocenters. The third-order valence-electron chi connectivity index (χ3n) is 3.40. The molecule has 24 heavy (non-hydrogen) atoms. The lowest BCUT2D eigenvalue weighted by molar-refractivity contribution is -0.139. The number of hydrogen-bond acceptors (Lipinski definition) is 3. The Morgan fingerprint density at radius 2 is 1.38 bits per heavy atom. The van der Waals surface area contributed by atoms with Crippen molar-refractivity contribution in [3.05, 3.63) is 59.7 Å². The van der Waals surface area contributed by atoms with Crippen LogP contribution in [0.2, 0.25) is 0 Å². The zero-order valence-electron chi connectivity index (χ0n) is 13.6. The quantitative estimate of drug-likeness (QED) is 0.858. The highest BCUT2D eigenvalue weighted by atomic mass is 19.4. The lowest BCUT2D eigenvalue weighted by Gasteiger charge is -2.26. The van der Waals surface area contributed by atoms with Crippen molar-refractivity contribution >= 4 is 0 Å². The lowest BCUT2D eigenvalue weighted by Crippen LogP contribution is -2.48. The van der Waals surface area contributed by atoms with Crippen LogP contribution in [0.15, 0.2) is 48.5 Å². The first kappa shape index (κ1) is 18.1. The highest BCUT2D eigenvalue weighted by Crippen LogP contribution is 2.36. The topological polar surface area (TPSA) is 44.5 Å². The smallest absolute Gasteiger partial charge is 0.419 e. The standard InChI is InChI=1S/C18H20F3NO2/c1-13-7-3-5-9-15(13)23-11-17(2,22)12-24-16-10-6-4-8-14(16)18(19,20)21/h3-10H,11-12,22H2,1-2H3. The average molecular weight is 339 g/mol. The van der Waals surface area contributed by atoms with Gasteiger partial charge in [-0.2, -0.15) is 13.2 Å². The Morgan fingerprint density at radius 1 is 0.875 bits per heavy atom. The van der Waals surface area contributed by atoms with Crippen LogP contribution in [0.25, 0.3) is 0 Å². The van der Waals surface area contributed by atoms with Crippen LogP contribution < -0.4 is 15.2 Å². The first-order valence-corrected chi connectivity index (χ1v) is 7.45. The molecule has 0 aliphatic heterocycles. The van der Waals surface area contributed by atoms with Gasteiger partial charge < -0.3 is 15.2 Å². The zero-order valence-corrected chi connectivity index (χ0v) is 13.6. The Kier molecular flexibility index (Phi) is 5.39. The molecule has 0 spiro atoms. The van der Waals surface area contributed by atoms with E-state index in [2.05, 4.69) is 0 Å². The molecule has 1 unspecified atom stereocenters. The Bertz CT molecular complexity index is 684. The van der Waals surface area contributed by atoms with Gasteiger partial charge in [0.25, 0.3) is 0 Å². The Labute approximate surface area is 139 Å². The summed E-state index contributed by atoms with van der Waals surface area (Å²) in [5.74, 6) is 0.447. The van der Waals surface area contributed by atoms with Gasteiger partial charge in [0.1, 0.15) is 24.7 Å². The van der Waals surface area contributed by atoms with E-state index in [-0.39, 0.29) is 19.0 Å². The maximum atomic E-state index is 12.9. The molecule has 2 aromatic carbocycles. The van der Waals surface area contributed by atoms with Gasteiger partial charge in [-0.3, -0.25) is 0 Å². The summed E-state index contributed by atoms with van der Waals surface area (Å²) in [4.78, 5) is 0. The van der Waals surface area contributed by atoms with Crippen molar-refractivity contribution < 1.29 is 22.6 Å². The number of alkyl halides is 3. The fraction of sp³-hybridized carbons (Fsp3) is 0.333. The van der Waals surface area contributed by atoms with Crippen LogP contribution in [0.4, 0.5) is 13.2 Å². The van der Waals surface area contributed by atoms with Crippen molar-refractivity contribution in [2.45, 2.75) is 25.6 Å². The van der Waals surface area contributed by atoms with Gasteiger partial charge in [0.2, 0.25) is 0 Å². The first-order valence-electron chi connectivity index (χ1n) is 7.45. The molecule has 0 aliphatic carbocycles. The summed E-state index contributed by atoms with van der Waals surface area (Å²) in [7, 11) is 0. The van der Waals surface area contributed by atoms with E-state index in [0.29, 0.717) is 5.75 Å². The molecule has 0 saturated carbocycles. The predicted molar refractivity (Wildman–Crippen MR) is 86.2 cm³/mol. The van der Waals surface area contributed by atoms with Crippen LogP contribution in [0.5, 0.6) is 11.5 Å². The number of para-hydroxylation sites is 2. The molecule has 0 aromatic heterocycles. The van der Waals surface area contributed by atoms with Gasteiger partial charge in [-0.15, -0.1) is 0 Å². The van der Waals surface area contributed by atoms with Gasteiger partial charge in [0.05, 0.1) is 11.1 Å². The van der Waals surface area contributed by atoms with Crippen LogP contribution in [-0.2, 0) is 6.18 Å². The maximum Gasteiger partial charge on any atom is 0.419 e. The lowest BCUT2D eigenvalue weighted by atomic mass is 10.1. The third-order valence-corrected chi connectivity index (χ3v) is 3.40. The second kappa shape index (κ2) is 7.13. The summed E-state index contributed by atoms with van der Waals surface area (Å²) in [6.07, 6.45) is -4.47. The number of hydrogen-bond donors (Lipinski definition) is 1. The minimum Gasteiger partial charge on any atom is -0.491 e. The molecule has 2 rings (SSSR count). The van der Waals surface area contributed by atoms with Crippen molar-refractivity contribution in [1.82, 2.24) is 0 Å². The van der Waals surface area contributed by atoms with Gasteiger partial charge >= 0.3 is 6.18 Å². The summed E-state index contributed by atoms with van der Waals surface area (Å²) >= 11 is 0. The number of halogens is 3. The molecule has 0 aliphatic rings. The van der Waals surface area contributed by atoms with Gasteiger partial charge in [-0.1, -0.05) is 30.3 Å². The molecule has 0 radical (unpaired) electrons. The Balaban J connectivity index is 1.99. The molecule has 0 amide bonds. The van der Waals surface area contributed by atoms with Crippen LogP contribution >= 0.6 is 0 Å². The third kappa shape index (κ3) is 4.89. The Morgan fingerprint density at radius 3 is 1.96 bits per heavy atom. The molecule has 3 nitrogen and oxygen atoms in total. The molecule has 0 bridgehead atoms. The average Bonchev–Trinajstić information content (AvgIpc) is 2.52. The van der Waals surface area contributed by atoms with Gasteiger partial charge in [0.15, 0.2) is 0 Å². The van der Waals surface area contributed by atoms with Crippen molar-refractivity contribution in [1.29, 1.82) is 0 Å². The minimum absolute atomic E-state index is 0.105. The summed E-state index contributed by atoms with van der Waals surface area (Å²) in [6, 6.07) is 12.5. The van der Waals surface area contributed by atoms with E-state index in [1.165, 1.54) is 18.2 Å². The van der Waals surface area contributed by atoms with Crippen molar-refractivity contribution in [3.63, 3.8) is 0 Å². The fourth-order valence-electron chi connectivity index (χ4n) is 2.07. The Hall–Kier alpha value is -2.21. The van der Waals surface area contributed by atoms with Crippen LogP contribution in [0.1, 0.15) is 18.1 Å². The van der Waals surface area contributed by atoms with E-state index < -0.39 is 17.3 Å². The number of nitrogens with two attached hydrogens (primary N) is 1. The molecule has 0 saturated heterocycles. The normalized spacial score (nSPS) is 14.1. The number of aryl methyl sites for hydroxylation is 1. The van der Waals surface area contributed by atoms with Crippen LogP contribution in [-0.4, -0.2) is 18.8 Å².